The van der Waals surface area contributed by atoms with Gasteiger partial charge in [0.1, 0.15) is 6.54 Å². The van der Waals surface area contributed by atoms with Crippen molar-refractivity contribution >= 4 is 23.2 Å². The number of aromatic nitrogens is 1. The molecule has 0 aromatic carbocycles. The molecule has 0 aliphatic heterocycles. The highest BCUT2D eigenvalue weighted by Crippen LogP contribution is 2.08. The molecular formula is C10H14N2O3S. The van der Waals surface area contributed by atoms with Crippen LogP contribution in [0.2, 0.25) is 0 Å². The van der Waals surface area contributed by atoms with Gasteiger partial charge in [-0.1, -0.05) is 6.92 Å². The Morgan fingerprint density at radius 2 is 2.31 bits per heavy atom. The number of carboxylic acid groups (broad SMARTS) is 1. The minimum absolute atomic E-state index is 0.159. The number of amides is 1. The van der Waals surface area contributed by atoms with Crippen molar-refractivity contribution in [1.82, 2.24) is 9.88 Å². The van der Waals surface area contributed by atoms with Gasteiger partial charge in [0.25, 0.3) is 0 Å². The molecule has 1 amide bonds. The summed E-state index contributed by atoms with van der Waals surface area (Å²) in [5.41, 5.74) is 1.66. The maximum absolute atomic E-state index is 11.8. The first kappa shape index (κ1) is 12.6. The summed E-state index contributed by atoms with van der Waals surface area (Å²) in [5, 5.41) is 8.68. The van der Waals surface area contributed by atoms with Crippen LogP contribution in [0.15, 0.2) is 11.7 Å². The molecule has 1 aromatic heterocycles. The predicted octanol–water partition coefficient (Wildman–Crippen LogP) is 1.01. The number of carboxylic acids is 1. The quantitative estimate of drug-likeness (QED) is 0.808. The molecule has 1 heterocycles. The van der Waals surface area contributed by atoms with E-state index < -0.39 is 5.97 Å². The smallest absolute Gasteiger partial charge is 0.323 e. The minimum Gasteiger partial charge on any atom is -0.480 e. The fourth-order valence-corrected chi connectivity index (χ4v) is 1.90. The second-order valence-corrected chi connectivity index (χ2v) is 4.32. The first-order chi connectivity index (χ1) is 7.63. The zero-order valence-electron chi connectivity index (χ0n) is 9.05. The van der Waals surface area contributed by atoms with Crippen molar-refractivity contribution in [3.63, 3.8) is 0 Å². The minimum atomic E-state index is -0.980. The SMILES string of the molecule is CCCN(CC(=O)O)C(=O)Cc1cncs1. The molecule has 0 radical (unpaired) electrons. The second-order valence-electron chi connectivity index (χ2n) is 3.35. The van der Waals surface area contributed by atoms with E-state index in [0.717, 1.165) is 11.3 Å². The lowest BCUT2D eigenvalue weighted by atomic mass is 10.3. The molecule has 0 fully saturated rings. The van der Waals surface area contributed by atoms with Gasteiger partial charge in [-0.05, 0) is 6.42 Å². The molecule has 0 aliphatic rings. The maximum Gasteiger partial charge on any atom is 0.323 e. The first-order valence-electron chi connectivity index (χ1n) is 5.00. The van der Waals surface area contributed by atoms with E-state index in [0.29, 0.717) is 6.54 Å². The molecule has 0 unspecified atom stereocenters. The second kappa shape index (κ2) is 6.22. The summed E-state index contributed by atoms with van der Waals surface area (Å²) in [6.45, 7) is 2.16. The molecule has 6 heteroatoms. The zero-order chi connectivity index (χ0) is 12.0. The molecule has 0 bridgehead atoms. The van der Waals surface area contributed by atoms with Crippen LogP contribution >= 0.6 is 11.3 Å². The summed E-state index contributed by atoms with van der Waals surface area (Å²) in [4.78, 5) is 28.5. The Hall–Kier alpha value is -1.43. The van der Waals surface area contributed by atoms with Crippen molar-refractivity contribution < 1.29 is 14.7 Å². The first-order valence-corrected chi connectivity index (χ1v) is 5.88. The van der Waals surface area contributed by atoms with E-state index in [1.165, 1.54) is 16.2 Å². The molecule has 0 aliphatic carbocycles. The highest BCUT2D eigenvalue weighted by Gasteiger charge is 2.16. The Morgan fingerprint density at radius 1 is 1.56 bits per heavy atom. The van der Waals surface area contributed by atoms with Gasteiger partial charge < -0.3 is 10.0 Å². The molecule has 16 heavy (non-hydrogen) atoms. The normalized spacial score (nSPS) is 10.1. The van der Waals surface area contributed by atoms with Gasteiger partial charge in [0.15, 0.2) is 0 Å². The van der Waals surface area contributed by atoms with E-state index in [9.17, 15) is 9.59 Å². The van der Waals surface area contributed by atoms with Gasteiger partial charge >= 0.3 is 5.97 Å². The number of hydrogen-bond acceptors (Lipinski definition) is 4. The molecule has 0 saturated heterocycles. The van der Waals surface area contributed by atoms with E-state index in [4.69, 9.17) is 5.11 Å². The van der Waals surface area contributed by atoms with Crippen molar-refractivity contribution in [1.29, 1.82) is 0 Å². The summed E-state index contributed by atoms with van der Waals surface area (Å²) in [5.74, 6) is -1.14. The number of rotatable bonds is 6. The Labute approximate surface area is 97.7 Å². The zero-order valence-corrected chi connectivity index (χ0v) is 9.87. The van der Waals surface area contributed by atoms with Gasteiger partial charge in [0.05, 0.1) is 11.9 Å². The van der Waals surface area contributed by atoms with Crippen LogP contribution in [0.4, 0.5) is 0 Å². The van der Waals surface area contributed by atoms with E-state index >= 15 is 0 Å². The summed E-state index contributed by atoms with van der Waals surface area (Å²) in [7, 11) is 0. The highest BCUT2D eigenvalue weighted by atomic mass is 32.1. The Kier molecular flexibility index (Phi) is 4.91. The standard InChI is InChI=1S/C10H14N2O3S/c1-2-3-12(6-10(14)15)9(13)4-8-5-11-7-16-8/h5,7H,2-4,6H2,1H3,(H,14,15). The van der Waals surface area contributed by atoms with Gasteiger partial charge in [0, 0.05) is 17.6 Å². The fourth-order valence-electron chi connectivity index (χ4n) is 1.32. The fraction of sp³-hybridized carbons (Fsp3) is 0.500. The number of carbonyl (C=O) groups is 2. The Morgan fingerprint density at radius 3 is 2.81 bits per heavy atom. The predicted molar refractivity (Wildman–Crippen MR) is 60.3 cm³/mol. The van der Waals surface area contributed by atoms with Gasteiger partial charge in [0.2, 0.25) is 5.91 Å². The third-order valence-corrected chi connectivity index (χ3v) is 2.76. The molecule has 5 nitrogen and oxygen atoms in total. The van der Waals surface area contributed by atoms with Gasteiger partial charge in [-0.2, -0.15) is 0 Å². The molecule has 88 valence electrons. The summed E-state index contributed by atoms with van der Waals surface area (Å²) >= 11 is 1.40. The van der Waals surface area contributed by atoms with Crippen molar-refractivity contribution in [2.75, 3.05) is 13.1 Å². The van der Waals surface area contributed by atoms with Gasteiger partial charge in [-0.25, -0.2) is 0 Å². The average molecular weight is 242 g/mol. The van der Waals surface area contributed by atoms with Crippen LogP contribution in [0.1, 0.15) is 18.2 Å². The summed E-state index contributed by atoms with van der Waals surface area (Å²) < 4.78 is 0. The number of aliphatic carboxylic acids is 1. The maximum atomic E-state index is 11.8. The van der Waals surface area contributed by atoms with Crippen molar-refractivity contribution in [3.8, 4) is 0 Å². The summed E-state index contributed by atoms with van der Waals surface area (Å²) in [6.07, 6.45) is 2.62. The van der Waals surface area contributed by atoms with Crippen molar-refractivity contribution in [2.24, 2.45) is 0 Å². The number of nitrogens with zero attached hydrogens (tertiary/aromatic N) is 2. The number of hydrogen-bond donors (Lipinski definition) is 1. The molecule has 0 spiro atoms. The van der Waals surface area contributed by atoms with Gasteiger partial charge in [-0.3, -0.25) is 14.6 Å². The van der Waals surface area contributed by atoms with Gasteiger partial charge in [-0.15, -0.1) is 11.3 Å². The van der Waals surface area contributed by atoms with Crippen LogP contribution in [-0.4, -0.2) is 40.0 Å². The monoisotopic (exact) mass is 242 g/mol. The molecule has 1 aromatic rings. The molecule has 1 rings (SSSR count). The van der Waals surface area contributed by atoms with E-state index in [2.05, 4.69) is 4.98 Å². The third kappa shape index (κ3) is 3.98. The molecule has 0 saturated carbocycles. The lowest BCUT2D eigenvalue weighted by molar-refractivity contribution is -0.144. The van der Waals surface area contributed by atoms with E-state index in [1.54, 1.807) is 11.7 Å². The third-order valence-electron chi connectivity index (χ3n) is 1.98. The number of thiazole rings is 1. The van der Waals surface area contributed by atoms with Crippen LogP contribution in [0, 0.1) is 0 Å². The summed E-state index contributed by atoms with van der Waals surface area (Å²) in [6, 6.07) is 0. The largest absolute Gasteiger partial charge is 0.480 e. The van der Waals surface area contributed by atoms with Crippen molar-refractivity contribution in [3.05, 3.63) is 16.6 Å². The Bertz CT molecular complexity index is 351. The molecule has 1 N–H and O–H groups in total. The van der Waals surface area contributed by atoms with Crippen molar-refractivity contribution in [2.45, 2.75) is 19.8 Å². The topological polar surface area (TPSA) is 70.5 Å². The van der Waals surface area contributed by atoms with Crippen LogP contribution in [-0.2, 0) is 16.0 Å². The van der Waals surface area contributed by atoms with Crippen LogP contribution in [0.5, 0.6) is 0 Å². The lowest BCUT2D eigenvalue weighted by Gasteiger charge is -2.19. The molecule has 0 atom stereocenters. The lowest BCUT2D eigenvalue weighted by Crippen LogP contribution is -2.37. The average Bonchev–Trinajstić information content (AvgIpc) is 2.69. The van der Waals surface area contributed by atoms with Crippen LogP contribution in [0.25, 0.3) is 0 Å². The Balaban J connectivity index is 2.56. The number of carbonyl (C=O) groups excluding carboxylic acids is 1. The molecular weight excluding hydrogens is 228 g/mol. The van der Waals surface area contributed by atoms with E-state index in [1.807, 2.05) is 6.92 Å². The van der Waals surface area contributed by atoms with E-state index in [-0.39, 0.29) is 18.9 Å². The van der Waals surface area contributed by atoms with Crippen LogP contribution in [0.3, 0.4) is 0 Å². The van der Waals surface area contributed by atoms with Crippen LogP contribution < -0.4 is 0 Å². The highest BCUT2D eigenvalue weighted by molar-refractivity contribution is 7.09.